The lowest BCUT2D eigenvalue weighted by Gasteiger charge is -2.24. The average Bonchev–Trinajstić information content (AvgIpc) is 2.57. The molecule has 25 heavy (non-hydrogen) atoms. The van der Waals surface area contributed by atoms with Crippen LogP contribution in [0.25, 0.3) is 0 Å². The fraction of sp³-hybridized carbons (Fsp3) is 0.579. The Bertz CT molecular complexity index is 558. The van der Waals surface area contributed by atoms with E-state index in [1.165, 1.54) is 11.1 Å². The number of benzene rings is 1. The molecule has 6 heteroatoms. The third-order valence-electron chi connectivity index (χ3n) is 3.90. The van der Waals surface area contributed by atoms with Crippen LogP contribution >= 0.6 is 24.0 Å². The van der Waals surface area contributed by atoms with Crippen LogP contribution in [0, 0.1) is 5.41 Å². The topological polar surface area (TPSA) is 65.5 Å². The number of nitrogens with one attached hydrogen (secondary N) is 3. The lowest BCUT2D eigenvalue weighted by molar-refractivity contribution is -0.128. The van der Waals surface area contributed by atoms with Gasteiger partial charge in [-0.3, -0.25) is 4.79 Å². The maximum atomic E-state index is 12.1. The summed E-state index contributed by atoms with van der Waals surface area (Å²) in [5.74, 6) is 0.783. The van der Waals surface area contributed by atoms with Crippen molar-refractivity contribution in [3.63, 3.8) is 0 Å². The molecule has 0 saturated heterocycles. The third kappa shape index (κ3) is 8.07. The Kier molecular flexibility index (Phi) is 11.5. The number of carbonyl (C=O) groups excluding carboxylic acids is 1. The molecule has 0 aliphatic heterocycles. The maximum absolute atomic E-state index is 12.1. The lowest BCUT2D eigenvalue weighted by atomic mass is 9.92. The van der Waals surface area contributed by atoms with Crippen molar-refractivity contribution in [2.75, 3.05) is 19.6 Å². The van der Waals surface area contributed by atoms with Crippen molar-refractivity contribution in [2.24, 2.45) is 10.4 Å². The molecule has 0 atom stereocenters. The Balaban J connectivity index is 0.00000576. The van der Waals surface area contributed by atoms with E-state index in [0.717, 1.165) is 18.9 Å². The summed E-state index contributed by atoms with van der Waals surface area (Å²) in [4.78, 5) is 16.8. The second kappa shape index (κ2) is 12.1. The summed E-state index contributed by atoms with van der Waals surface area (Å²) < 4.78 is 0. The largest absolute Gasteiger partial charge is 0.357 e. The van der Waals surface area contributed by atoms with Crippen LogP contribution in [0.15, 0.2) is 29.3 Å². The highest BCUT2D eigenvalue weighted by molar-refractivity contribution is 14.0. The Morgan fingerprint density at radius 1 is 1.00 bits per heavy atom. The first kappa shape index (κ1) is 23.7. The van der Waals surface area contributed by atoms with Crippen molar-refractivity contribution < 1.29 is 4.79 Å². The van der Waals surface area contributed by atoms with E-state index in [2.05, 4.69) is 46.1 Å². The van der Waals surface area contributed by atoms with Crippen LogP contribution in [0.3, 0.4) is 0 Å². The number of nitrogens with zero attached hydrogens (tertiary/aromatic N) is 1. The molecule has 0 aromatic heterocycles. The number of hydrogen-bond acceptors (Lipinski definition) is 2. The predicted octanol–water partition coefficient (Wildman–Crippen LogP) is 3.08. The minimum Gasteiger partial charge on any atom is -0.357 e. The molecular formula is C19H33IN4O. The molecule has 0 radical (unpaired) electrons. The molecule has 0 fully saturated rings. The Labute approximate surface area is 169 Å². The fourth-order valence-electron chi connectivity index (χ4n) is 2.35. The van der Waals surface area contributed by atoms with Crippen molar-refractivity contribution in [3.8, 4) is 0 Å². The first-order chi connectivity index (χ1) is 11.4. The van der Waals surface area contributed by atoms with Crippen molar-refractivity contribution in [2.45, 2.75) is 47.6 Å². The number of aliphatic imine (C=N–C) groups is 1. The standard InChI is InChI=1S/C19H32N4O.HI/c1-6-15-11-9-10-12-16(15)13-22-18(21-8-3)23-14-19(4,5)17(24)20-7-2;/h9-12H,6-8,13-14H2,1-5H3,(H,20,24)(H2,21,22,23);1H. The van der Waals surface area contributed by atoms with Crippen molar-refractivity contribution in [3.05, 3.63) is 35.4 Å². The highest BCUT2D eigenvalue weighted by Gasteiger charge is 2.27. The van der Waals surface area contributed by atoms with Gasteiger partial charge in [-0.25, -0.2) is 4.99 Å². The average molecular weight is 460 g/mol. The minimum atomic E-state index is -0.493. The Morgan fingerprint density at radius 3 is 2.16 bits per heavy atom. The van der Waals surface area contributed by atoms with E-state index < -0.39 is 5.41 Å². The summed E-state index contributed by atoms with van der Waals surface area (Å²) in [6.45, 7) is 12.6. The molecule has 0 unspecified atom stereocenters. The third-order valence-corrected chi connectivity index (χ3v) is 3.90. The van der Waals surface area contributed by atoms with Crippen LogP contribution in [0.2, 0.25) is 0 Å². The minimum absolute atomic E-state index is 0. The van der Waals surface area contributed by atoms with Gasteiger partial charge in [0, 0.05) is 19.6 Å². The number of hydrogen-bond donors (Lipinski definition) is 3. The van der Waals surface area contributed by atoms with Crippen LogP contribution in [-0.2, 0) is 17.8 Å². The normalized spacial score (nSPS) is 11.5. The second-order valence-corrected chi connectivity index (χ2v) is 6.41. The van der Waals surface area contributed by atoms with Crippen molar-refractivity contribution in [1.82, 2.24) is 16.0 Å². The predicted molar refractivity (Wildman–Crippen MR) is 117 cm³/mol. The van der Waals surface area contributed by atoms with Gasteiger partial charge in [0.1, 0.15) is 0 Å². The van der Waals surface area contributed by atoms with E-state index in [0.29, 0.717) is 19.6 Å². The lowest BCUT2D eigenvalue weighted by Crippen LogP contribution is -2.47. The van der Waals surface area contributed by atoms with Crippen molar-refractivity contribution in [1.29, 1.82) is 0 Å². The molecule has 142 valence electrons. The first-order valence-corrected chi connectivity index (χ1v) is 8.81. The molecule has 1 amide bonds. The van der Waals surface area contributed by atoms with E-state index in [1.54, 1.807) is 0 Å². The zero-order chi connectivity index (χ0) is 18.0. The number of guanidine groups is 1. The number of aryl methyl sites for hydroxylation is 1. The van der Waals surface area contributed by atoms with Crippen LogP contribution in [0.5, 0.6) is 0 Å². The second-order valence-electron chi connectivity index (χ2n) is 6.41. The molecular weight excluding hydrogens is 427 g/mol. The van der Waals surface area contributed by atoms with Crippen molar-refractivity contribution >= 4 is 35.8 Å². The Hall–Kier alpha value is -1.31. The summed E-state index contributed by atoms with van der Waals surface area (Å²) >= 11 is 0. The smallest absolute Gasteiger partial charge is 0.227 e. The molecule has 1 rings (SSSR count). The SMILES string of the molecule is CCNC(=O)C(C)(C)CNC(=NCc1ccccc1CC)NCC.I. The van der Waals surface area contributed by atoms with E-state index in [9.17, 15) is 4.79 Å². The van der Waals surface area contributed by atoms with Gasteiger partial charge < -0.3 is 16.0 Å². The van der Waals surface area contributed by atoms with Gasteiger partial charge in [0.15, 0.2) is 5.96 Å². The summed E-state index contributed by atoms with van der Waals surface area (Å²) in [5.41, 5.74) is 2.06. The highest BCUT2D eigenvalue weighted by atomic mass is 127. The maximum Gasteiger partial charge on any atom is 0.227 e. The van der Waals surface area contributed by atoms with Gasteiger partial charge >= 0.3 is 0 Å². The zero-order valence-electron chi connectivity index (χ0n) is 16.1. The van der Waals surface area contributed by atoms with E-state index >= 15 is 0 Å². The van der Waals surface area contributed by atoms with E-state index in [-0.39, 0.29) is 29.9 Å². The number of carbonyl (C=O) groups is 1. The molecule has 0 heterocycles. The molecule has 5 nitrogen and oxygen atoms in total. The molecule has 0 aliphatic rings. The Morgan fingerprint density at radius 2 is 1.60 bits per heavy atom. The van der Waals surface area contributed by atoms with E-state index in [4.69, 9.17) is 0 Å². The van der Waals surface area contributed by atoms with Crippen LogP contribution in [0.1, 0.15) is 45.7 Å². The van der Waals surface area contributed by atoms with Gasteiger partial charge in [-0.2, -0.15) is 0 Å². The van der Waals surface area contributed by atoms with Gasteiger partial charge in [-0.05, 0) is 45.2 Å². The van der Waals surface area contributed by atoms with Gasteiger partial charge in [0.05, 0.1) is 12.0 Å². The van der Waals surface area contributed by atoms with Crippen LogP contribution in [-0.4, -0.2) is 31.5 Å². The molecule has 1 aromatic carbocycles. The van der Waals surface area contributed by atoms with Gasteiger partial charge in [-0.1, -0.05) is 31.2 Å². The highest BCUT2D eigenvalue weighted by Crippen LogP contribution is 2.14. The molecule has 0 aliphatic carbocycles. The quantitative estimate of drug-likeness (QED) is 0.318. The molecule has 0 bridgehead atoms. The summed E-state index contributed by atoms with van der Waals surface area (Å²) in [6, 6.07) is 8.36. The van der Waals surface area contributed by atoms with Crippen LogP contribution in [0.4, 0.5) is 0 Å². The molecule has 3 N–H and O–H groups in total. The first-order valence-electron chi connectivity index (χ1n) is 8.81. The molecule has 0 saturated carbocycles. The monoisotopic (exact) mass is 460 g/mol. The van der Waals surface area contributed by atoms with Gasteiger partial charge in [0.25, 0.3) is 0 Å². The van der Waals surface area contributed by atoms with E-state index in [1.807, 2.05) is 33.8 Å². The van der Waals surface area contributed by atoms with Gasteiger partial charge in [-0.15, -0.1) is 24.0 Å². The summed E-state index contributed by atoms with van der Waals surface area (Å²) in [7, 11) is 0. The molecule has 0 spiro atoms. The molecule has 1 aromatic rings. The van der Waals surface area contributed by atoms with Crippen LogP contribution < -0.4 is 16.0 Å². The number of amides is 1. The van der Waals surface area contributed by atoms with Gasteiger partial charge in [0.2, 0.25) is 5.91 Å². The summed E-state index contributed by atoms with van der Waals surface area (Å²) in [6.07, 6.45) is 1.000. The zero-order valence-corrected chi connectivity index (χ0v) is 18.4. The fourth-order valence-corrected chi connectivity index (χ4v) is 2.35. The number of rotatable bonds is 8. The summed E-state index contributed by atoms with van der Waals surface area (Å²) in [5, 5.41) is 9.40. The number of halogens is 1.